The van der Waals surface area contributed by atoms with Crippen LogP contribution in [0.25, 0.3) is 0 Å². The molecule has 0 aliphatic carbocycles. The summed E-state index contributed by atoms with van der Waals surface area (Å²) in [6.07, 6.45) is 0.651. The van der Waals surface area contributed by atoms with Gasteiger partial charge in [-0.15, -0.1) is 0 Å². The van der Waals surface area contributed by atoms with E-state index in [1.54, 1.807) is 12.1 Å². The first-order chi connectivity index (χ1) is 9.06. The zero-order chi connectivity index (χ0) is 14.3. The summed E-state index contributed by atoms with van der Waals surface area (Å²) in [5, 5.41) is 11.2. The lowest BCUT2D eigenvalue weighted by molar-refractivity contribution is -0.139. The third-order valence-electron chi connectivity index (χ3n) is 2.43. The molecule has 1 heterocycles. The zero-order valence-corrected chi connectivity index (χ0v) is 10.8. The van der Waals surface area contributed by atoms with Gasteiger partial charge in [0, 0.05) is 25.9 Å². The quantitative estimate of drug-likeness (QED) is 0.738. The van der Waals surface area contributed by atoms with E-state index in [1.165, 1.54) is 20.4 Å². The predicted molar refractivity (Wildman–Crippen MR) is 66.2 cm³/mol. The SMILES string of the molecule is COc1ccc(C(=O)NCC(CC(=O)O)OC)cn1. The van der Waals surface area contributed by atoms with Crippen LogP contribution in [0.1, 0.15) is 16.8 Å². The van der Waals surface area contributed by atoms with Gasteiger partial charge in [0.05, 0.1) is 25.2 Å². The number of nitrogens with one attached hydrogen (secondary N) is 1. The summed E-state index contributed by atoms with van der Waals surface area (Å²) in [7, 11) is 2.88. The third-order valence-corrected chi connectivity index (χ3v) is 2.43. The standard InChI is InChI=1S/C12H16N2O5/c1-18-9(5-11(15)16)7-14-12(17)8-3-4-10(19-2)13-6-8/h3-4,6,9H,5,7H2,1-2H3,(H,14,17)(H,15,16). The van der Waals surface area contributed by atoms with Crippen LogP contribution in [0.2, 0.25) is 0 Å². The Hall–Kier alpha value is -2.15. The molecular weight excluding hydrogens is 252 g/mol. The summed E-state index contributed by atoms with van der Waals surface area (Å²) >= 11 is 0. The number of hydrogen-bond donors (Lipinski definition) is 2. The number of amides is 1. The largest absolute Gasteiger partial charge is 0.481 e. The van der Waals surface area contributed by atoms with Crippen LogP contribution < -0.4 is 10.1 Å². The average molecular weight is 268 g/mol. The molecule has 1 atom stereocenters. The Bertz CT molecular complexity index is 432. The molecule has 0 aliphatic heterocycles. The van der Waals surface area contributed by atoms with E-state index in [4.69, 9.17) is 14.6 Å². The van der Waals surface area contributed by atoms with Gasteiger partial charge >= 0.3 is 5.97 Å². The molecule has 19 heavy (non-hydrogen) atoms. The van der Waals surface area contributed by atoms with Crippen molar-refractivity contribution in [2.75, 3.05) is 20.8 Å². The van der Waals surface area contributed by atoms with Crippen molar-refractivity contribution >= 4 is 11.9 Å². The molecule has 0 spiro atoms. The first-order valence-corrected chi connectivity index (χ1v) is 5.59. The molecule has 1 aromatic heterocycles. The van der Waals surface area contributed by atoms with Crippen LogP contribution in [0.5, 0.6) is 5.88 Å². The van der Waals surface area contributed by atoms with Crippen molar-refractivity contribution in [3.05, 3.63) is 23.9 Å². The number of hydrogen-bond acceptors (Lipinski definition) is 5. The fourth-order valence-corrected chi connectivity index (χ4v) is 1.38. The molecule has 1 unspecified atom stereocenters. The second-order valence-corrected chi connectivity index (χ2v) is 3.75. The average Bonchev–Trinajstić information content (AvgIpc) is 2.42. The lowest BCUT2D eigenvalue weighted by Crippen LogP contribution is -2.34. The van der Waals surface area contributed by atoms with E-state index < -0.39 is 12.1 Å². The van der Waals surface area contributed by atoms with E-state index in [2.05, 4.69) is 10.3 Å². The minimum atomic E-state index is -0.979. The van der Waals surface area contributed by atoms with Gasteiger partial charge in [-0.2, -0.15) is 0 Å². The van der Waals surface area contributed by atoms with Crippen molar-refractivity contribution in [3.8, 4) is 5.88 Å². The van der Waals surface area contributed by atoms with E-state index in [-0.39, 0.29) is 18.9 Å². The van der Waals surface area contributed by atoms with E-state index in [0.717, 1.165) is 0 Å². The van der Waals surface area contributed by atoms with Crippen LogP contribution in [0.3, 0.4) is 0 Å². The van der Waals surface area contributed by atoms with Crippen molar-refractivity contribution in [3.63, 3.8) is 0 Å². The number of aromatic nitrogens is 1. The minimum absolute atomic E-state index is 0.119. The Morgan fingerprint density at radius 2 is 2.16 bits per heavy atom. The number of carbonyl (C=O) groups is 2. The third kappa shape index (κ3) is 4.92. The molecule has 0 bridgehead atoms. The van der Waals surface area contributed by atoms with Crippen molar-refractivity contribution in [2.45, 2.75) is 12.5 Å². The Morgan fingerprint density at radius 1 is 1.42 bits per heavy atom. The van der Waals surface area contributed by atoms with E-state index in [9.17, 15) is 9.59 Å². The van der Waals surface area contributed by atoms with Crippen LogP contribution in [0.4, 0.5) is 0 Å². The summed E-state index contributed by atoms with van der Waals surface area (Å²) in [6.45, 7) is 0.119. The van der Waals surface area contributed by atoms with Gasteiger partial charge in [-0.05, 0) is 6.07 Å². The highest BCUT2D eigenvalue weighted by Crippen LogP contribution is 2.06. The van der Waals surface area contributed by atoms with Crippen LogP contribution in [0, 0.1) is 0 Å². The maximum absolute atomic E-state index is 11.8. The molecule has 7 heteroatoms. The van der Waals surface area contributed by atoms with Crippen LogP contribution >= 0.6 is 0 Å². The van der Waals surface area contributed by atoms with E-state index >= 15 is 0 Å². The monoisotopic (exact) mass is 268 g/mol. The molecule has 0 radical (unpaired) electrons. The van der Waals surface area contributed by atoms with Crippen molar-refractivity contribution < 1.29 is 24.2 Å². The minimum Gasteiger partial charge on any atom is -0.481 e. The van der Waals surface area contributed by atoms with Crippen LogP contribution in [0.15, 0.2) is 18.3 Å². The molecule has 0 aromatic carbocycles. The van der Waals surface area contributed by atoms with Gasteiger partial charge in [0.25, 0.3) is 5.91 Å². The number of ether oxygens (including phenoxy) is 2. The Labute approximate surface area is 110 Å². The second-order valence-electron chi connectivity index (χ2n) is 3.75. The van der Waals surface area contributed by atoms with Gasteiger partial charge < -0.3 is 19.9 Å². The zero-order valence-electron chi connectivity index (χ0n) is 10.8. The molecule has 104 valence electrons. The lowest BCUT2D eigenvalue weighted by Gasteiger charge is -2.13. The number of carboxylic acid groups (broad SMARTS) is 1. The van der Waals surface area contributed by atoms with Crippen molar-refractivity contribution in [1.82, 2.24) is 10.3 Å². The smallest absolute Gasteiger partial charge is 0.306 e. The molecule has 0 fully saturated rings. The number of rotatable bonds is 7. The lowest BCUT2D eigenvalue weighted by atomic mass is 10.2. The maximum Gasteiger partial charge on any atom is 0.306 e. The number of carbonyl (C=O) groups excluding carboxylic acids is 1. The second kappa shape index (κ2) is 7.32. The Morgan fingerprint density at radius 3 is 2.63 bits per heavy atom. The molecule has 1 amide bonds. The van der Waals surface area contributed by atoms with Crippen molar-refractivity contribution in [1.29, 1.82) is 0 Å². The number of aliphatic carboxylic acids is 1. The highest BCUT2D eigenvalue weighted by Gasteiger charge is 2.14. The highest BCUT2D eigenvalue weighted by molar-refractivity contribution is 5.93. The van der Waals surface area contributed by atoms with Crippen LogP contribution in [-0.2, 0) is 9.53 Å². The summed E-state index contributed by atoms with van der Waals surface area (Å²) in [6, 6.07) is 3.14. The molecule has 0 saturated heterocycles. The first kappa shape index (κ1) is 14.9. The number of pyridine rings is 1. The fraction of sp³-hybridized carbons (Fsp3) is 0.417. The summed E-state index contributed by atoms with van der Waals surface area (Å²) in [5.74, 6) is -0.910. The van der Waals surface area contributed by atoms with Gasteiger partial charge in [-0.3, -0.25) is 9.59 Å². The van der Waals surface area contributed by atoms with Gasteiger partial charge in [-0.25, -0.2) is 4.98 Å². The molecule has 1 aromatic rings. The molecule has 2 N–H and O–H groups in total. The van der Waals surface area contributed by atoms with E-state index in [1.807, 2.05) is 0 Å². The summed E-state index contributed by atoms with van der Waals surface area (Å²) in [5.41, 5.74) is 0.367. The molecular formula is C12H16N2O5. The number of nitrogens with zero attached hydrogens (tertiary/aromatic N) is 1. The van der Waals surface area contributed by atoms with Gasteiger partial charge in [-0.1, -0.05) is 0 Å². The van der Waals surface area contributed by atoms with Gasteiger partial charge in [0.2, 0.25) is 5.88 Å². The molecule has 7 nitrogen and oxygen atoms in total. The Kier molecular flexibility index (Phi) is 5.74. The molecule has 1 rings (SSSR count). The van der Waals surface area contributed by atoms with Gasteiger partial charge in [0.1, 0.15) is 0 Å². The number of methoxy groups -OCH3 is 2. The topological polar surface area (TPSA) is 97.8 Å². The van der Waals surface area contributed by atoms with Crippen molar-refractivity contribution in [2.24, 2.45) is 0 Å². The predicted octanol–water partition coefficient (Wildman–Crippen LogP) is 0.310. The highest BCUT2D eigenvalue weighted by atomic mass is 16.5. The molecule has 0 aliphatic rings. The van der Waals surface area contributed by atoms with Crippen LogP contribution in [-0.4, -0.2) is 48.8 Å². The normalized spacial score (nSPS) is 11.7. The summed E-state index contributed by atoms with van der Waals surface area (Å²) < 4.78 is 9.83. The molecule has 0 saturated carbocycles. The summed E-state index contributed by atoms with van der Waals surface area (Å²) in [4.78, 5) is 26.2. The Balaban J connectivity index is 2.51. The number of carboxylic acids is 1. The fourth-order valence-electron chi connectivity index (χ4n) is 1.38. The first-order valence-electron chi connectivity index (χ1n) is 5.59. The maximum atomic E-state index is 11.8. The van der Waals surface area contributed by atoms with Gasteiger partial charge in [0.15, 0.2) is 0 Å². The van der Waals surface area contributed by atoms with E-state index in [0.29, 0.717) is 11.4 Å².